The van der Waals surface area contributed by atoms with Crippen LogP contribution < -0.4 is 5.32 Å². The molecule has 1 saturated carbocycles. The Bertz CT molecular complexity index is 1060. The molecule has 0 saturated heterocycles. The number of rotatable bonds is 4. The SMILES string of the molecule is CC1(C)[C@@H]2CC[C@@]1(C)c1nc(SCC(=O)Nc3nc4ccccc4s3)nnc12. The Hall–Kier alpha value is -2.06. The van der Waals surface area contributed by atoms with E-state index in [1.807, 2.05) is 24.3 Å². The number of carbonyl (C=O) groups is 1. The zero-order valence-electron chi connectivity index (χ0n) is 16.0. The molecular formula is C20H21N5OS2. The molecule has 2 bridgehead atoms. The van der Waals surface area contributed by atoms with Crippen LogP contribution in [0.25, 0.3) is 10.2 Å². The van der Waals surface area contributed by atoms with Gasteiger partial charge in [-0.15, -0.1) is 5.10 Å². The maximum absolute atomic E-state index is 12.3. The maximum Gasteiger partial charge on any atom is 0.236 e. The summed E-state index contributed by atoms with van der Waals surface area (Å²) in [7, 11) is 0. The van der Waals surface area contributed by atoms with Crippen molar-refractivity contribution < 1.29 is 4.79 Å². The zero-order valence-corrected chi connectivity index (χ0v) is 17.7. The van der Waals surface area contributed by atoms with Crippen molar-refractivity contribution in [3.05, 3.63) is 35.7 Å². The first-order valence-corrected chi connectivity index (χ1v) is 11.2. The number of para-hydroxylation sites is 1. The summed E-state index contributed by atoms with van der Waals surface area (Å²) < 4.78 is 1.06. The van der Waals surface area contributed by atoms with Crippen LogP contribution in [0.5, 0.6) is 0 Å². The van der Waals surface area contributed by atoms with E-state index in [1.165, 1.54) is 23.1 Å². The summed E-state index contributed by atoms with van der Waals surface area (Å²) in [6.45, 7) is 6.92. The summed E-state index contributed by atoms with van der Waals surface area (Å²) in [6.07, 6.45) is 2.29. The number of aromatic nitrogens is 4. The molecule has 2 aliphatic rings. The van der Waals surface area contributed by atoms with Gasteiger partial charge >= 0.3 is 0 Å². The minimum absolute atomic E-state index is 0.0432. The molecule has 1 fully saturated rings. The molecule has 0 unspecified atom stereocenters. The summed E-state index contributed by atoms with van der Waals surface area (Å²) in [6, 6.07) is 7.85. The van der Waals surface area contributed by atoms with Crippen LogP contribution in [0.15, 0.2) is 29.4 Å². The van der Waals surface area contributed by atoms with E-state index in [4.69, 9.17) is 4.98 Å². The van der Waals surface area contributed by atoms with E-state index in [2.05, 4.69) is 41.3 Å². The van der Waals surface area contributed by atoms with E-state index >= 15 is 0 Å². The van der Waals surface area contributed by atoms with Crippen LogP contribution in [0.1, 0.15) is 50.9 Å². The van der Waals surface area contributed by atoms with Gasteiger partial charge in [-0.2, -0.15) is 5.10 Å². The van der Waals surface area contributed by atoms with Crippen molar-refractivity contribution in [2.24, 2.45) is 5.41 Å². The number of carbonyl (C=O) groups excluding carboxylic acids is 1. The van der Waals surface area contributed by atoms with Gasteiger partial charge in [-0.1, -0.05) is 56.0 Å². The fourth-order valence-corrected chi connectivity index (χ4v) is 6.10. The molecule has 2 heterocycles. The predicted octanol–water partition coefficient (Wildman–Crippen LogP) is 4.39. The van der Waals surface area contributed by atoms with E-state index in [9.17, 15) is 4.79 Å². The molecule has 8 heteroatoms. The van der Waals surface area contributed by atoms with E-state index < -0.39 is 0 Å². The molecule has 6 nitrogen and oxygen atoms in total. The van der Waals surface area contributed by atoms with Crippen molar-refractivity contribution >= 4 is 44.4 Å². The van der Waals surface area contributed by atoms with Crippen LogP contribution in [0, 0.1) is 5.41 Å². The fraction of sp³-hybridized carbons (Fsp3) is 0.450. The van der Waals surface area contributed by atoms with Crippen LogP contribution in [0.4, 0.5) is 5.13 Å². The Morgan fingerprint density at radius 2 is 2.07 bits per heavy atom. The highest BCUT2D eigenvalue weighted by atomic mass is 32.2. The van der Waals surface area contributed by atoms with Crippen LogP contribution in [-0.4, -0.2) is 31.8 Å². The number of amides is 1. The second-order valence-electron chi connectivity index (χ2n) is 8.30. The molecule has 2 aromatic heterocycles. The average Bonchev–Trinajstić information content (AvgIpc) is 3.23. The number of hydrogen-bond acceptors (Lipinski definition) is 7. The van der Waals surface area contributed by atoms with Crippen LogP contribution in [-0.2, 0) is 10.2 Å². The van der Waals surface area contributed by atoms with Crippen LogP contribution >= 0.6 is 23.1 Å². The lowest BCUT2D eigenvalue weighted by Gasteiger charge is -2.33. The summed E-state index contributed by atoms with van der Waals surface area (Å²) >= 11 is 2.80. The average molecular weight is 412 g/mol. The Balaban J connectivity index is 1.28. The number of nitrogens with one attached hydrogen (secondary N) is 1. The van der Waals surface area contributed by atoms with Gasteiger partial charge in [0, 0.05) is 11.3 Å². The molecule has 1 amide bonds. The molecule has 2 aliphatic carbocycles. The van der Waals surface area contributed by atoms with Crippen molar-refractivity contribution in [1.29, 1.82) is 0 Å². The van der Waals surface area contributed by atoms with Gasteiger partial charge in [0.25, 0.3) is 0 Å². The topological polar surface area (TPSA) is 80.7 Å². The summed E-state index contributed by atoms with van der Waals surface area (Å²) in [5, 5.41) is 12.8. The summed E-state index contributed by atoms with van der Waals surface area (Å²) in [5.41, 5.74) is 3.24. The number of thiazole rings is 1. The Labute approximate surface area is 171 Å². The molecule has 0 spiro atoms. The first-order chi connectivity index (χ1) is 13.4. The van der Waals surface area contributed by atoms with Gasteiger partial charge in [0.2, 0.25) is 11.1 Å². The molecule has 3 aromatic rings. The van der Waals surface area contributed by atoms with Crippen LogP contribution in [0.3, 0.4) is 0 Å². The first kappa shape index (κ1) is 18.0. The predicted molar refractivity (Wildman–Crippen MR) is 112 cm³/mol. The van der Waals surface area contributed by atoms with Gasteiger partial charge in [-0.05, 0) is 30.4 Å². The number of thioether (sulfide) groups is 1. The normalized spacial score (nSPS) is 24.5. The summed E-state index contributed by atoms with van der Waals surface area (Å²) in [4.78, 5) is 21.6. The van der Waals surface area contributed by atoms with Gasteiger partial charge < -0.3 is 5.32 Å². The number of anilines is 1. The number of nitrogens with zero attached hydrogens (tertiary/aromatic N) is 4. The molecule has 0 aliphatic heterocycles. The molecule has 28 heavy (non-hydrogen) atoms. The second kappa shape index (κ2) is 6.22. The first-order valence-electron chi connectivity index (χ1n) is 9.42. The zero-order chi connectivity index (χ0) is 19.5. The molecule has 2 atom stereocenters. The lowest BCUT2D eigenvalue weighted by Crippen LogP contribution is -2.32. The smallest absolute Gasteiger partial charge is 0.236 e. The number of fused-ring (bicyclic) bond motifs is 6. The highest BCUT2D eigenvalue weighted by molar-refractivity contribution is 7.99. The largest absolute Gasteiger partial charge is 0.301 e. The quantitative estimate of drug-likeness (QED) is 0.642. The van der Waals surface area contributed by atoms with Crippen molar-refractivity contribution in [2.75, 3.05) is 11.1 Å². The van der Waals surface area contributed by atoms with E-state index in [0.717, 1.165) is 34.4 Å². The lowest BCUT2D eigenvalue weighted by molar-refractivity contribution is -0.113. The molecule has 5 rings (SSSR count). The highest BCUT2D eigenvalue weighted by Gasteiger charge is 2.61. The Morgan fingerprint density at radius 3 is 2.89 bits per heavy atom. The van der Waals surface area contributed by atoms with Crippen molar-refractivity contribution in [3.63, 3.8) is 0 Å². The van der Waals surface area contributed by atoms with Gasteiger partial charge in [-0.25, -0.2) is 9.97 Å². The van der Waals surface area contributed by atoms with E-state index in [-0.39, 0.29) is 22.5 Å². The van der Waals surface area contributed by atoms with Gasteiger partial charge in [0.15, 0.2) is 5.13 Å². The Morgan fingerprint density at radius 1 is 1.25 bits per heavy atom. The van der Waals surface area contributed by atoms with Crippen molar-refractivity contribution in [3.8, 4) is 0 Å². The third kappa shape index (κ3) is 2.58. The number of benzene rings is 1. The molecule has 1 aromatic carbocycles. The lowest BCUT2D eigenvalue weighted by atomic mass is 9.70. The van der Waals surface area contributed by atoms with Crippen LogP contribution in [0.2, 0.25) is 0 Å². The highest BCUT2D eigenvalue weighted by Crippen LogP contribution is 2.66. The van der Waals surface area contributed by atoms with Crippen molar-refractivity contribution in [2.45, 2.75) is 50.1 Å². The molecule has 144 valence electrons. The van der Waals surface area contributed by atoms with Crippen molar-refractivity contribution in [1.82, 2.24) is 20.2 Å². The monoisotopic (exact) mass is 411 g/mol. The third-order valence-corrected chi connectivity index (χ3v) is 8.43. The standard InChI is InChI=1S/C20H21N5OS2/c1-19(2)11-8-9-20(19,3)16-15(11)24-25-18(23-16)27-10-14(26)22-17-21-12-6-4-5-7-13(12)28-17/h4-7,11H,8-10H2,1-3H3,(H,21,22,26)/t11-,20+/m1/s1. The summed E-state index contributed by atoms with van der Waals surface area (Å²) in [5.74, 6) is 0.565. The van der Waals surface area contributed by atoms with E-state index in [1.54, 1.807) is 0 Å². The van der Waals surface area contributed by atoms with Gasteiger partial charge in [-0.3, -0.25) is 4.79 Å². The number of hydrogen-bond donors (Lipinski definition) is 1. The molecule has 1 N–H and O–H groups in total. The third-order valence-electron chi connectivity index (χ3n) is 6.64. The second-order valence-corrected chi connectivity index (χ2v) is 10.3. The minimum atomic E-state index is -0.110. The Kier molecular flexibility index (Phi) is 4.00. The molecular weight excluding hydrogens is 390 g/mol. The van der Waals surface area contributed by atoms with Gasteiger partial charge in [0.1, 0.15) is 0 Å². The molecule has 0 radical (unpaired) electrons. The minimum Gasteiger partial charge on any atom is -0.301 e. The van der Waals surface area contributed by atoms with Gasteiger partial charge in [0.05, 0.1) is 27.4 Å². The van der Waals surface area contributed by atoms with E-state index in [0.29, 0.717) is 16.2 Å². The fourth-order valence-electron chi connectivity index (χ4n) is 4.63. The maximum atomic E-state index is 12.3.